The Morgan fingerprint density at radius 1 is 1.38 bits per heavy atom. The van der Waals surface area contributed by atoms with Crippen LogP contribution in [0.2, 0.25) is 0 Å². The predicted octanol–water partition coefficient (Wildman–Crippen LogP) is 1.43. The predicted molar refractivity (Wildman–Crippen MR) is 63.1 cm³/mol. The molecule has 0 spiro atoms. The molecule has 88 valence electrons. The average Bonchev–Trinajstić information content (AvgIpc) is 2.29. The first-order valence-corrected chi connectivity index (χ1v) is 5.43. The summed E-state index contributed by atoms with van der Waals surface area (Å²) in [5, 5.41) is 3.20. The summed E-state index contributed by atoms with van der Waals surface area (Å²) in [6, 6.07) is 8.28. The van der Waals surface area contributed by atoms with Gasteiger partial charge in [0, 0.05) is 13.1 Å². The summed E-state index contributed by atoms with van der Waals surface area (Å²) in [4.78, 5) is 10.3. The summed E-state index contributed by atoms with van der Waals surface area (Å²) >= 11 is 0. The van der Waals surface area contributed by atoms with E-state index in [2.05, 4.69) is 29.1 Å². The summed E-state index contributed by atoms with van der Waals surface area (Å²) in [6.07, 6.45) is 0.297. The number of hydrogen-bond acceptors (Lipinski definition) is 3. The minimum absolute atomic E-state index is 0.309. The van der Waals surface area contributed by atoms with E-state index in [9.17, 15) is 4.79 Å². The SMILES string of the molecule is CCc1ccccc1CNCCOC(N)=O. The van der Waals surface area contributed by atoms with Crippen molar-refractivity contribution in [2.45, 2.75) is 19.9 Å². The number of carbonyl (C=O) groups excluding carboxylic acids is 1. The fraction of sp³-hybridized carbons (Fsp3) is 0.417. The van der Waals surface area contributed by atoms with Gasteiger partial charge in [0.1, 0.15) is 6.61 Å². The lowest BCUT2D eigenvalue weighted by Crippen LogP contribution is -2.23. The van der Waals surface area contributed by atoms with Crippen LogP contribution in [0.4, 0.5) is 4.79 Å². The van der Waals surface area contributed by atoms with Crippen molar-refractivity contribution >= 4 is 6.09 Å². The number of benzene rings is 1. The first kappa shape index (κ1) is 12.5. The van der Waals surface area contributed by atoms with E-state index in [1.165, 1.54) is 11.1 Å². The second-order valence-corrected chi connectivity index (χ2v) is 3.47. The molecule has 0 unspecified atom stereocenters. The maximum absolute atomic E-state index is 10.3. The van der Waals surface area contributed by atoms with Gasteiger partial charge in [-0.2, -0.15) is 0 Å². The molecule has 0 radical (unpaired) electrons. The Labute approximate surface area is 95.8 Å². The van der Waals surface area contributed by atoms with Crippen molar-refractivity contribution in [1.82, 2.24) is 5.32 Å². The van der Waals surface area contributed by atoms with Crippen LogP contribution >= 0.6 is 0 Å². The zero-order valence-corrected chi connectivity index (χ0v) is 9.53. The van der Waals surface area contributed by atoms with Gasteiger partial charge in [-0.15, -0.1) is 0 Å². The third kappa shape index (κ3) is 4.31. The molecule has 3 N–H and O–H groups in total. The van der Waals surface area contributed by atoms with Gasteiger partial charge in [-0.1, -0.05) is 31.2 Å². The molecule has 0 bridgehead atoms. The standard InChI is InChI=1S/C12H18N2O2/c1-2-10-5-3-4-6-11(10)9-14-7-8-16-12(13)15/h3-6,14H,2,7-9H2,1H3,(H2,13,15). The fourth-order valence-corrected chi connectivity index (χ4v) is 1.52. The van der Waals surface area contributed by atoms with Crippen LogP contribution in [0.3, 0.4) is 0 Å². The molecule has 0 atom stereocenters. The highest BCUT2D eigenvalue weighted by molar-refractivity contribution is 5.64. The molecule has 0 aliphatic heterocycles. The number of nitrogens with one attached hydrogen (secondary N) is 1. The Balaban J connectivity index is 2.28. The first-order chi connectivity index (χ1) is 7.74. The van der Waals surface area contributed by atoms with Gasteiger partial charge in [-0.05, 0) is 17.5 Å². The van der Waals surface area contributed by atoms with Gasteiger partial charge >= 0.3 is 6.09 Å². The van der Waals surface area contributed by atoms with Crippen LogP contribution in [0, 0.1) is 0 Å². The van der Waals surface area contributed by atoms with Crippen LogP contribution in [0.1, 0.15) is 18.1 Å². The molecular weight excluding hydrogens is 204 g/mol. The summed E-state index contributed by atoms with van der Waals surface area (Å²) in [7, 11) is 0. The second kappa shape index (κ2) is 6.85. The molecule has 4 heteroatoms. The number of nitrogens with two attached hydrogens (primary N) is 1. The maximum Gasteiger partial charge on any atom is 0.404 e. The van der Waals surface area contributed by atoms with Crippen molar-refractivity contribution in [3.63, 3.8) is 0 Å². The lowest BCUT2D eigenvalue weighted by molar-refractivity contribution is 0.157. The summed E-state index contributed by atoms with van der Waals surface area (Å²) in [5.41, 5.74) is 7.46. The molecule has 1 aromatic carbocycles. The molecule has 0 saturated carbocycles. The van der Waals surface area contributed by atoms with E-state index >= 15 is 0 Å². The van der Waals surface area contributed by atoms with E-state index in [0.29, 0.717) is 13.2 Å². The van der Waals surface area contributed by atoms with Gasteiger partial charge in [-0.3, -0.25) is 0 Å². The number of amides is 1. The Morgan fingerprint density at radius 3 is 2.69 bits per heavy atom. The van der Waals surface area contributed by atoms with Crippen molar-refractivity contribution in [2.24, 2.45) is 5.73 Å². The van der Waals surface area contributed by atoms with Crippen molar-refractivity contribution in [1.29, 1.82) is 0 Å². The summed E-state index contributed by atoms with van der Waals surface area (Å²) < 4.78 is 4.61. The molecule has 0 heterocycles. The largest absolute Gasteiger partial charge is 0.448 e. The Kier molecular flexibility index (Phi) is 5.36. The van der Waals surface area contributed by atoms with E-state index in [4.69, 9.17) is 5.73 Å². The monoisotopic (exact) mass is 222 g/mol. The van der Waals surface area contributed by atoms with E-state index in [1.54, 1.807) is 0 Å². The maximum atomic E-state index is 10.3. The molecule has 0 saturated heterocycles. The van der Waals surface area contributed by atoms with Crippen LogP contribution in [0.25, 0.3) is 0 Å². The van der Waals surface area contributed by atoms with Gasteiger partial charge in [0.15, 0.2) is 0 Å². The number of ether oxygens (including phenoxy) is 1. The van der Waals surface area contributed by atoms with Gasteiger partial charge < -0.3 is 15.8 Å². The van der Waals surface area contributed by atoms with Crippen LogP contribution in [-0.4, -0.2) is 19.2 Å². The quantitative estimate of drug-likeness (QED) is 0.716. The number of aryl methyl sites for hydroxylation is 1. The zero-order valence-electron chi connectivity index (χ0n) is 9.53. The lowest BCUT2D eigenvalue weighted by Gasteiger charge is -2.08. The van der Waals surface area contributed by atoms with E-state index in [-0.39, 0.29) is 0 Å². The van der Waals surface area contributed by atoms with Crippen LogP contribution in [0.5, 0.6) is 0 Å². The van der Waals surface area contributed by atoms with Gasteiger partial charge in [0.05, 0.1) is 0 Å². The highest BCUT2D eigenvalue weighted by Gasteiger charge is 1.99. The minimum atomic E-state index is -0.726. The number of carbonyl (C=O) groups is 1. The topological polar surface area (TPSA) is 64.3 Å². The van der Waals surface area contributed by atoms with Crippen LogP contribution < -0.4 is 11.1 Å². The van der Waals surface area contributed by atoms with Gasteiger partial charge in [-0.25, -0.2) is 4.79 Å². The minimum Gasteiger partial charge on any atom is -0.448 e. The molecule has 4 nitrogen and oxygen atoms in total. The highest BCUT2D eigenvalue weighted by atomic mass is 16.5. The Morgan fingerprint density at radius 2 is 2.06 bits per heavy atom. The molecule has 1 aromatic rings. The molecule has 0 aliphatic rings. The average molecular weight is 222 g/mol. The smallest absolute Gasteiger partial charge is 0.404 e. The van der Waals surface area contributed by atoms with Crippen molar-refractivity contribution in [3.8, 4) is 0 Å². The van der Waals surface area contributed by atoms with E-state index in [0.717, 1.165) is 13.0 Å². The summed E-state index contributed by atoms with van der Waals surface area (Å²) in [6.45, 7) is 3.84. The normalized spacial score (nSPS) is 10.1. The number of primary amides is 1. The molecule has 0 aromatic heterocycles. The third-order valence-corrected chi connectivity index (χ3v) is 2.34. The Bertz CT molecular complexity index is 340. The number of hydrogen-bond donors (Lipinski definition) is 2. The molecule has 1 rings (SSSR count). The van der Waals surface area contributed by atoms with Gasteiger partial charge in [0.2, 0.25) is 0 Å². The van der Waals surface area contributed by atoms with E-state index < -0.39 is 6.09 Å². The lowest BCUT2D eigenvalue weighted by atomic mass is 10.1. The third-order valence-electron chi connectivity index (χ3n) is 2.34. The van der Waals surface area contributed by atoms with Gasteiger partial charge in [0.25, 0.3) is 0 Å². The van der Waals surface area contributed by atoms with Crippen molar-refractivity contribution in [3.05, 3.63) is 35.4 Å². The van der Waals surface area contributed by atoms with Crippen molar-refractivity contribution < 1.29 is 9.53 Å². The molecule has 0 aliphatic carbocycles. The molecule has 16 heavy (non-hydrogen) atoms. The van der Waals surface area contributed by atoms with Crippen LogP contribution in [0.15, 0.2) is 24.3 Å². The molecular formula is C12H18N2O2. The van der Waals surface area contributed by atoms with Crippen LogP contribution in [-0.2, 0) is 17.7 Å². The second-order valence-electron chi connectivity index (χ2n) is 3.47. The molecule has 0 fully saturated rings. The first-order valence-electron chi connectivity index (χ1n) is 5.43. The fourth-order valence-electron chi connectivity index (χ4n) is 1.52. The summed E-state index contributed by atoms with van der Waals surface area (Å²) in [5.74, 6) is 0. The Hall–Kier alpha value is -1.55. The highest BCUT2D eigenvalue weighted by Crippen LogP contribution is 2.08. The number of rotatable bonds is 6. The van der Waals surface area contributed by atoms with Crippen molar-refractivity contribution in [2.75, 3.05) is 13.2 Å². The zero-order chi connectivity index (χ0) is 11.8. The molecule has 1 amide bonds. The van der Waals surface area contributed by atoms with E-state index in [1.807, 2.05) is 12.1 Å².